The van der Waals surface area contributed by atoms with Crippen molar-refractivity contribution in [1.29, 1.82) is 0 Å². The van der Waals surface area contributed by atoms with Crippen molar-refractivity contribution >= 4 is 17.7 Å². The minimum absolute atomic E-state index is 0.0263. The number of nitrogens with one attached hydrogen (secondary N) is 1. The van der Waals surface area contributed by atoms with Gasteiger partial charge in [0.05, 0.1) is 24.9 Å². The Kier molecular flexibility index (Phi) is 5.94. The molecule has 0 saturated heterocycles. The van der Waals surface area contributed by atoms with Gasteiger partial charge in [-0.05, 0) is 37.7 Å². The third kappa shape index (κ3) is 4.88. The first-order chi connectivity index (χ1) is 11.7. The van der Waals surface area contributed by atoms with Crippen molar-refractivity contribution in [3.05, 3.63) is 52.8 Å². The Morgan fingerprint density at radius 3 is 2.60 bits per heavy atom. The number of aryl methyl sites for hydroxylation is 1. The highest BCUT2D eigenvalue weighted by Gasteiger charge is 2.31. The molecule has 0 aliphatic heterocycles. The van der Waals surface area contributed by atoms with Crippen LogP contribution in [0.5, 0.6) is 5.75 Å². The summed E-state index contributed by atoms with van der Waals surface area (Å²) in [5.41, 5.74) is -2.25. The second kappa shape index (κ2) is 7.77. The number of aromatic nitrogens is 1. The Morgan fingerprint density at radius 2 is 1.96 bits per heavy atom. The van der Waals surface area contributed by atoms with E-state index in [0.29, 0.717) is 11.4 Å². The molecule has 134 valence electrons. The number of alkyl halides is 3. The molecule has 4 nitrogen and oxygen atoms in total. The molecule has 8 heteroatoms. The van der Waals surface area contributed by atoms with Crippen LogP contribution in [0.1, 0.15) is 27.2 Å². The fourth-order valence-corrected chi connectivity index (χ4v) is 3.04. The van der Waals surface area contributed by atoms with Gasteiger partial charge in [-0.1, -0.05) is 12.1 Å². The molecular formula is C17H17F3N2O2S. The molecule has 0 aliphatic carbocycles. The fourth-order valence-electron chi connectivity index (χ4n) is 2.38. The number of halogens is 3. The number of methoxy groups -OCH3 is 1. The molecule has 1 heterocycles. The SMILES string of the molecule is COc1c(C)cnc(CNC(=O)c2ccccc2SC(F)(F)F)c1C. The van der Waals surface area contributed by atoms with Gasteiger partial charge in [-0.25, -0.2) is 0 Å². The van der Waals surface area contributed by atoms with Crippen molar-refractivity contribution in [3.8, 4) is 5.75 Å². The summed E-state index contributed by atoms with van der Waals surface area (Å²) < 4.78 is 43.2. The number of carbonyl (C=O) groups excluding carboxylic acids is 1. The summed E-state index contributed by atoms with van der Waals surface area (Å²) in [6.07, 6.45) is 1.63. The van der Waals surface area contributed by atoms with Crippen molar-refractivity contribution in [2.45, 2.75) is 30.8 Å². The summed E-state index contributed by atoms with van der Waals surface area (Å²) in [5.74, 6) is 0.0837. The lowest BCUT2D eigenvalue weighted by Gasteiger charge is -2.14. The molecule has 0 bridgehead atoms. The van der Waals surface area contributed by atoms with Crippen molar-refractivity contribution in [2.75, 3.05) is 7.11 Å². The Morgan fingerprint density at radius 1 is 1.28 bits per heavy atom. The molecule has 0 fully saturated rings. The minimum atomic E-state index is -4.46. The van der Waals surface area contributed by atoms with Gasteiger partial charge in [-0.2, -0.15) is 13.2 Å². The molecule has 0 spiro atoms. The first kappa shape index (κ1) is 19.1. The number of pyridine rings is 1. The molecule has 1 aromatic carbocycles. The summed E-state index contributed by atoms with van der Waals surface area (Å²) in [6.45, 7) is 3.76. The number of hydrogen-bond donors (Lipinski definition) is 1. The molecule has 1 aromatic heterocycles. The lowest BCUT2D eigenvalue weighted by atomic mass is 10.1. The van der Waals surface area contributed by atoms with Crippen LogP contribution in [0.25, 0.3) is 0 Å². The lowest BCUT2D eigenvalue weighted by molar-refractivity contribution is -0.0328. The Hall–Kier alpha value is -2.22. The number of carbonyl (C=O) groups is 1. The van der Waals surface area contributed by atoms with Crippen molar-refractivity contribution in [2.24, 2.45) is 0 Å². The molecule has 0 aliphatic rings. The van der Waals surface area contributed by atoms with Gasteiger partial charge in [0, 0.05) is 22.2 Å². The molecule has 2 rings (SSSR count). The number of rotatable bonds is 5. The molecule has 0 saturated carbocycles. The summed E-state index contributed by atoms with van der Waals surface area (Å²) in [5, 5.41) is 2.62. The van der Waals surface area contributed by atoms with Gasteiger partial charge in [0.1, 0.15) is 5.75 Å². The zero-order valence-electron chi connectivity index (χ0n) is 13.9. The van der Waals surface area contributed by atoms with Gasteiger partial charge in [-0.15, -0.1) is 0 Å². The van der Waals surface area contributed by atoms with E-state index >= 15 is 0 Å². The average Bonchev–Trinajstić information content (AvgIpc) is 2.53. The average molecular weight is 370 g/mol. The maximum atomic E-state index is 12.6. The summed E-state index contributed by atoms with van der Waals surface area (Å²) >= 11 is -0.308. The monoisotopic (exact) mass is 370 g/mol. The lowest BCUT2D eigenvalue weighted by Crippen LogP contribution is -2.24. The van der Waals surface area contributed by atoms with Gasteiger partial charge in [0.15, 0.2) is 0 Å². The van der Waals surface area contributed by atoms with E-state index < -0.39 is 11.4 Å². The van der Waals surface area contributed by atoms with E-state index in [1.165, 1.54) is 24.3 Å². The van der Waals surface area contributed by atoms with E-state index in [4.69, 9.17) is 4.74 Å². The maximum Gasteiger partial charge on any atom is 0.446 e. The molecule has 2 aromatic rings. The number of hydrogen-bond acceptors (Lipinski definition) is 4. The van der Waals surface area contributed by atoms with Crippen molar-refractivity contribution < 1.29 is 22.7 Å². The van der Waals surface area contributed by atoms with E-state index in [9.17, 15) is 18.0 Å². The Balaban J connectivity index is 2.17. The smallest absolute Gasteiger partial charge is 0.446 e. The minimum Gasteiger partial charge on any atom is -0.496 e. The Labute approximate surface area is 147 Å². The molecule has 0 atom stereocenters. The molecule has 1 N–H and O–H groups in total. The third-order valence-corrected chi connectivity index (χ3v) is 4.33. The van der Waals surface area contributed by atoms with Crippen LogP contribution < -0.4 is 10.1 Å². The Bertz CT molecular complexity index is 779. The predicted octanol–water partition coefficient (Wildman–Crippen LogP) is 4.25. The number of thioether (sulfide) groups is 1. The van der Waals surface area contributed by atoms with E-state index in [1.807, 2.05) is 13.8 Å². The van der Waals surface area contributed by atoms with Crippen molar-refractivity contribution in [3.63, 3.8) is 0 Å². The third-order valence-electron chi connectivity index (χ3n) is 3.52. The molecule has 25 heavy (non-hydrogen) atoms. The highest BCUT2D eigenvalue weighted by molar-refractivity contribution is 8.00. The van der Waals surface area contributed by atoms with Crippen LogP contribution in [0.2, 0.25) is 0 Å². The largest absolute Gasteiger partial charge is 0.496 e. The highest BCUT2D eigenvalue weighted by atomic mass is 32.2. The second-order valence-corrected chi connectivity index (χ2v) is 6.38. The molecule has 0 radical (unpaired) electrons. The van der Waals surface area contributed by atoms with Crippen LogP contribution in [0.15, 0.2) is 35.4 Å². The van der Waals surface area contributed by atoms with Crippen molar-refractivity contribution in [1.82, 2.24) is 10.3 Å². The van der Waals surface area contributed by atoms with Gasteiger partial charge in [-0.3, -0.25) is 9.78 Å². The summed E-state index contributed by atoms with van der Waals surface area (Å²) in [4.78, 5) is 16.4. The quantitative estimate of drug-likeness (QED) is 0.800. The van der Waals surface area contributed by atoms with E-state index in [1.54, 1.807) is 13.3 Å². The van der Waals surface area contributed by atoms with E-state index in [2.05, 4.69) is 10.3 Å². The number of amides is 1. The predicted molar refractivity (Wildman–Crippen MR) is 89.8 cm³/mol. The number of ether oxygens (including phenoxy) is 1. The van der Waals surface area contributed by atoms with Crippen LogP contribution in [-0.2, 0) is 6.54 Å². The highest BCUT2D eigenvalue weighted by Crippen LogP contribution is 2.38. The number of benzene rings is 1. The zero-order chi connectivity index (χ0) is 18.6. The van der Waals surface area contributed by atoms with Crippen LogP contribution in [0.3, 0.4) is 0 Å². The van der Waals surface area contributed by atoms with Crippen LogP contribution in [-0.4, -0.2) is 23.5 Å². The summed E-state index contributed by atoms with van der Waals surface area (Å²) in [7, 11) is 1.54. The van der Waals surface area contributed by atoms with Crippen LogP contribution in [0, 0.1) is 13.8 Å². The second-order valence-electron chi connectivity index (χ2n) is 5.27. The number of nitrogens with zero attached hydrogens (tertiary/aromatic N) is 1. The van der Waals surface area contributed by atoms with Crippen LogP contribution in [0.4, 0.5) is 13.2 Å². The van der Waals surface area contributed by atoms with E-state index in [-0.39, 0.29) is 28.8 Å². The normalized spacial score (nSPS) is 11.3. The molecule has 0 unspecified atom stereocenters. The molecule has 1 amide bonds. The van der Waals surface area contributed by atoms with E-state index in [0.717, 1.165) is 11.1 Å². The summed E-state index contributed by atoms with van der Waals surface area (Å²) in [6, 6.07) is 5.61. The van der Waals surface area contributed by atoms with Crippen LogP contribution >= 0.6 is 11.8 Å². The molecular weight excluding hydrogens is 353 g/mol. The first-order valence-corrected chi connectivity index (χ1v) is 8.16. The topological polar surface area (TPSA) is 51.2 Å². The maximum absolute atomic E-state index is 12.6. The van der Waals surface area contributed by atoms with Gasteiger partial charge in [0.25, 0.3) is 5.91 Å². The van der Waals surface area contributed by atoms with Gasteiger partial charge in [0.2, 0.25) is 0 Å². The van der Waals surface area contributed by atoms with Gasteiger partial charge >= 0.3 is 5.51 Å². The first-order valence-electron chi connectivity index (χ1n) is 7.35. The van der Waals surface area contributed by atoms with Gasteiger partial charge < -0.3 is 10.1 Å². The fraction of sp³-hybridized carbons (Fsp3) is 0.294. The standard InChI is InChI=1S/C17H17F3N2O2S/c1-10-8-21-13(11(2)15(10)24-3)9-22-16(23)12-6-4-5-7-14(12)25-17(18,19)20/h4-8H,9H2,1-3H3,(H,22,23). The zero-order valence-corrected chi connectivity index (χ0v) is 14.7.